The normalized spacial score (nSPS) is 15.9. The van der Waals surface area contributed by atoms with Gasteiger partial charge in [-0.2, -0.15) is 5.26 Å². The standard InChI is InChI=1S/C13H15N7/c14-7-12-10-20(18-17-12)13-2-1-11(8-16-13)9-19-5-3-15-4-6-19/h1-2,8,10,15H,3-6,9H2. The number of pyridine rings is 1. The van der Waals surface area contributed by atoms with Crippen molar-refractivity contribution in [2.75, 3.05) is 26.2 Å². The van der Waals surface area contributed by atoms with Gasteiger partial charge in [-0.1, -0.05) is 11.3 Å². The van der Waals surface area contributed by atoms with Crippen LogP contribution in [0, 0.1) is 11.3 Å². The largest absolute Gasteiger partial charge is 0.314 e. The van der Waals surface area contributed by atoms with Crippen LogP contribution in [-0.4, -0.2) is 51.1 Å². The fourth-order valence-electron chi connectivity index (χ4n) is 2.20. The molecule has 0 spiro atoms. The van der Waals surface area contributed by atoms with E-state index in [0.717, 1.165) is 32.7 Å². The molecular formula is C13H15N7. The van der Waals surface area contributed by atoms with Gasteiger partial charge in [-0.3, -0.25) is 4.90 Å². The van der Waals surface area contributed by atoms with E-state index in [0.29, 0.717) is 5.82 Å². The molecule has 2 aromatic heterocycles. The lowest BCUT2D eigenvalue weighted by Crippen LogP contribution is -2.42. The van der Waals surface area contributed by atoms with E-state index in [-0.39, 0.29) is 5.69 Å². The molecule has 1 aliphatic rings. The van der Waals surface area contributed by atoms with Gasteiger partial charge in [-0.25, -0.2) is 9.67 Å². The van der Waals surface area contributed by atoms with Gasteiger partial charge in [0.1, 0.15) is 6.07 Å². The van der Waals surface area contributed by atoms with Gasteiger partial charge in [-0.15, -0.1) is 5.10 Å². The summed E-state index contributed by atoms with van der Waals surface area (Å²) in [6.45, 7) is 5.13. The van der Waals surface area contributed by atoms with Gasteiger partial charge in [-0.05, 0) is 11.6 Å². The zero-order valence-corrected chi connectivity index (χ0v) is 11.0. The lowest BCUT2D eigenvalue weighted by atomic mass is 10.2. The van der Waals surface area contributed by atoms with Crippen LogP contribution in [0.1, 0.15) is 11.3 Å². The fraction of sp³-hybridized carbons (Fsp3) is 0.385. The number of piperazine rings is 1. The van der Waals surface area contributed by atoms with Crippen molar-refractivity contribution in [2.45, 2.75) is 6.54 Å². The highest BCUT2D eigenvalue weighted by Crippen LogP contribution is 2.08. The van der Waals surface area contributed by atoms with Crippen molar-refractivity contribution in [3.63, 3.8) is 0 Å². The molecule has 1 N–H and O–H groups in total. The van der Waals surface area contributed by atoms with Crippen molar-refractivity contribution in [3.05, 3.63) is 35.8 Å². The second-order valence-corrected chi connectivity index (χ2v) is 4.71. The van der Waals surface area contributed by atoms with Crippen molar-refractivity contribution in [3.8, 4) is 11.9 Å². The average molecular weight is 269 g/mol. The Labute approximate surface area is 116 Å². The molecule has 20 heavy (non-hydrogen) atoms. The molecule has 0 atom stereocenters. The third-order valence-corrected chi connectivity index (χ3v) is 3.27. The number of rotatable bonds is 3. The van der Waals surface area contributed by atoms with Gasteiger partial charge in [0.2, 0.25) is 0 Å². The minimum atomic E-state index is 0.289. The van der Waals surface area contributed by atoms with E-state index in [4.69, 9.17) is 5.26 Å². The van der Waals surface area contributed by atoms with E-state index in [1.807, 2.05) is 24.4 Å². The number of aromatic nitrogens is 4. The highest BCUT2D eigenvalue weighted by atomic mass is 15.4. The third kappa shape index (κ3) is 2.82. The molecule has 7 nitrogen and oxygen atoms in total. The van der Waals surface area contributed by atoms with Crippen LogP contribution in [0.15, 0.2) is 24.5 Å². The molecule has 0 unspecified atom stereocenters. The number of hydrogen-bond acceptors (Lipinski definition) is 6. The van der Waals surface area contributed by atoms with Crippen molar-refractivity contribution in [1.29, 1.82) is 5.26 Å². The number of nitriles is 1. The van der Waals surface area contributed by atoms with Crippen LogP contribution < -0.4 is 5.32 Å². The van der Waals surface area contributed by atoms with Crippen molar-refractivity contribution >= 4 is 0 Å². The predicted molar refractivity (Wildman–Crippen MR) is 72.0 cm³/mol. The fourth-order valence-corrected chi connectivity index (χ4v) is 2.20. The van der Waals surface area contributed by atoms with Crippen molar-refractivity contribution in [1.82, 2.24) is 30.2 Å². The average Bonchev–Trinajstić information content (AvgIpc) is 2.98. The first-order valence-corrected chi connectivity index (χ1v) is 6.56. The molecule has 0 aliphatic carbocycles. The van der Waals surface area contributed by atoms with E-state index in [1.54, 1.807) is 6.20 Å². The van der Waals surface area contributed by atoms with Crippen LogP contribution in [0.3, 0.4) is 0 Å². The van der Waals surface area contributed by atoms with Gasteiger partial charge in [0.25, 0.3) is 0 Å². The predicted octanol–water partition coefficient (Wildman–Crippen LogP) is -0.0608. The number of nitrogens with zero attached hydrogens (tertiary/aromatic N) is 6. The zero-order valence-electron chi connectivity index (χ0n) is 11.0. The second kappa shape index (κ2) is 5.77. The van der Waals surface area contributed by atoms with Crippen LogP contribution in [0.4, 0.5) is 0 Å². The molecule has 0 radical (unpaired) electrons. The van der Waals surface area contributed by atoms with Crippen LogP contribution in [0.25, 0.3) is 5.82 Å². The van der Waals surface area contributed by atoms with E-state index < -0.39 is 0 Å². The lowest BCUT2D eigenvalue weighted by Gasteiger charge is -2.27. The SMILES string of the molecule is N#Cc1cn(-c2ccc(CN3CCNCC3)cn2)nn1. The Hall–Kier alpha value is -2.30. The summed E-state index contributed by atoms with van der Waals surface area (Å²) in [7, 11) is 0. The van der Waals surface area contributed by atoms with Gasteiger partial charge < -0.3 is 5.32 Å². The molecular weight excluding hydrogens is 254 g/mol. The summed E-state index contributed by atoms with van der Waals surface area (Å²) in [5, 5.41) is 19.7. The minimum Gasteiger partial charge on any atom is -0.314 e. The van der Waals surface area contributed by atoms with E-state index in [2.05, 4.69) is 25.5 Å². The highest BCUT2D eigenvalue weighted by Gasteiger charge is 2.10. The summed E-state index contributed by atoms with van der Waals surface area (Å²) < 4.78 is 1.51. The first-order chi connectivity index (χ1) is 9.85. The van der Waals surface area contributed by atoms with Crippen LogP contribution in [-0.2, 0) is 6.54 Å². The number of nitrogens with one attached hydrogen (secondary N) is 1. The van der Waals surface area contributed by atoms with Crippen LogP contribution >= 0.6 is 0 Å². The minimum absolute atomic E-state index is 0.289. The molecule has 1 fully saturated rings. The Morgan fingerprint density at radius 1 is 1.30 bits per heavy atom. The molecule has 1 saturated heterocycles. The highest BCUT2D eigenvalue weighted by molar-refractivity contribution is 5.26. The van der Waals surface area contributed by atoms with E-state index >= 15 is 0 Å². The first kappa shape index (κ1) is 12.7. The Morgan fingerprint density at radius 3 is 2.80 bits per heavy atom. The third-order valence-electron chi connectivity index (χ3n) is 3.27. The summed E-state index contributed by atoms with van der Waals surface area (Å²) in [6, 6.07) is 5.88. The van der Waals surface area contributed by atoms with Crippen LogP contribution in [0.2, 0.25) is 0 Å². The molecule has 0 bridgehead atoms. The van der Waals surface area contributed by atoms with Gasteiger partial charge in [0.15, 0.2) is 11.5 Å². The van der Waals surface area contributed by atoms with Crippen molar-refractivity contribution in [2.24, 2.45) is 0 Å². The molecule has 2 aromatic rings. The molecule has 0 aromatic carbocycles. The maximum atomic E-state index is 8.73. The van der Waals surface area contributed by atoms with Gasteiger partial charge in [0.05, 0.1) is 6.20 Å². The summed E-state index contributed by atoms with van der Waals surface area (Å²) in [5.41, 5.74) is 1.47. The summed E-state index contributed by atoms with van der Waals surface area (Å²) in [5.74, 6) is 0.670. The molecule has 1 aliphatic heterocycles. The summed E-state index contributed by atoms with van der Waals surface area (Å²) in [6.07, 6.45) is 3.42. The van der Waals surface area contributed by atoms with E-state index in [1.165, 1.54) is 10.2 Å². The topological polar surface area (TPSA) is 82.7 Å². The maximum Gasteiger partial charge on any atom is 0.183 e. The van der Waals surface area contributed by atoms with Gasteiger partial charge in [0, 0.05) is 38.9 Å². The summed E-state index contributed by atoms with van der Waals surface area (Å²) in [4.78, 5) is 6.77. The molecule has 3 heterocycles. The molecule has 0 amide bonds. The molecule has 7 heteroatoms. The lowest BCUT2D eigenvalue weighted by molar-refractivity contribution is 0.233. The van der Waals surface area contributed by atoms with E-state index in [9.17, 15) is 0 Å². The Kier molecular flexibility index (Phi) is 3.67. The zero-order chi connectivity index (χ0) is 13.8. The number of hydrogen-bond donors (Lipinski definition) is 1. The maximum absolute atomic E-state index is 8.73. The molecule has 3 rings (SSSR count). The molecule has 0 saturated carbocycles. The smallest absolute Gasteiger partial charge is 0.183 e. The Morgan fingerprint density at radius 2 is 2.15 bits per heavy atom. The van der Waals surface area contributed by atoms with Crippen molar-refractivity contribution < 1.29 is 0 Å². The second-order valence-electron chi connectivity index (χ2n) is 4.71. The first-order valence-electron chi connectivity index (χ1n) is 6.56. The summed E-state index contributed by atoms with van der Waals surface area (Å²) >= 11 is 0. The molecule has 102 valence electrons. The monoisotopic (exact) mass is 269 g/mol. The quantitative estimate of drug-likeness (QED) is 0.840. The van der Waals surface area contributed by atoms with Gasteiger partial charge >= 0.3 is 0 Å². The van der Waals surface area contributed by atoms with Crippen LogP contribution in [0.5, 0.6) is 0 Å². The Balaban J connectivity index is 1.69. The Bertz CT molecular complexity index is 604.